The van der Waals surface area contributed by atoms with Crippen LogP contribution in [0.15, 0.2) is 30.3 Å². The van der Waals surface area contributed by atoms with Gasteiger partial charge in [0.05, 0.1) is 0 Å². The van der Waals surface area contributed by atoms with Crippen LogP contribution < -0.4 is 4.74 Å². The van der Waals surface area contributed by atoms with Crippen LogP contribution in [0.2, 0.25) is 0 Å². The second-order valence-corrected chi connectivity index (χ2v) is 5.97. The number of hydrogen-bond acceptors (Lipinski definition) is 3. The molecule has 19 heavy (non-hydrogen) atoms. The van der Waals surface area contributed by atoms with Gasteiger partial charge >= 0.3 is 0 Å². The summed E-state index contributed by atoms with van der Waals surface area (Å²) in [4.78, 5) is 14.3. The minimum atomic E-state index is 0.241. The Morgan fingerprint density at radius 2 is 2.00 bits per heavy atom. The second-order valence-electron chi connectivity index (χ2n) is 4.72. The van der Waals surface area contributed by atoms with Crippen LogP contribution in [0, 0.1) is 0 Å². The van der Waals surface area contributed by atoms with Gasteiger partial charge < -0.3 is 4.74 Å². The van der Waals surface area contributed by atoms with Crippen molar-refractivity contribution in [3.05, 3.63) is 51.2 Å². The Hall–Kier alpha value is -1.61. The molecule has 0 saturated carbocycles. The fraction of sp³-hybridized carbons (Fsp3) is 0.312. The molecule has 1 aliphatic rings. The number of Topliss-reactive ketones (excluding diaryl/α,β-unsaturated/α-hetero) is 1. The Labute approximate surface area is 117 Å². The van der Waals surface area contributed by atoms with Crippen LogP contribution >= 0.6 is 11.3 Å². The van der Waals surface area contributed by atoms with Crippen LogP contribution in [0.25, 0.3) is 0 Å². The van der Waals surface area contributed by atoms with Crippen LogP contribution in [0.5, 0.6) is 5.75 Å². The zero-order valence-electron chi connectivity index (χ0n) is 10.9. The van der Waals surface area contributed by atoms with Crippen LogP contribution in [0.1, 0.15) is 39.0 Å². The Morgan fingerprint density at radius 3 is 2.79 bits per heavy atom. The molecule has 2 aromatic rings. The molecule has 0 amide bonds. The van der Waals surface area contributed by atoms with Gasteiger partial charge in [0.15, 0.2) is 5.78 Å². The lowest BCUT2D eigenvalue weighted by molar-refractivity contribution is 0.0994. The zero-order valence-corrected chi connectivity index (χ0v) is 11.8. The molecule has 0 atom stereocenters. The third-order valence-electron chi connectivity index (χ3n) is 3.47. The van der Waals surface area contributed by atoms with E-state index in [1.165, 1.54) is 9.75 Å². The lowest BCUT2D eigenvalue weighted by atomic mass is 10.1. The summed E-state index contributed by atoms with van der Waals surface area (Å²) >= 11 is 1.79. The van der Waals surface area contributed by atoms with Crippen molar-refractivity contribution in [3.63, 3.8) is 0 Å². The number of rotatable bonds is 4. The van der Waals surface area contributed by atoms with E-state index >= 15 is 0 Å². The molecule has 1 aromatic heterocycles. The lowest BCUT2D eigenvalue weighted by Crippen LogP contribution is -1.97. The van der Waals surface area contributed by atoms with Gasteiger partial charge in [0.1, 0.15) is 12.4 Å². The molecule has 2 nitrogen and oxygen atoms in total. The largest absolute Gasteiger partial charge is 0.488 e. The van der Waals surface area contributed by atoms with Gasteiger partial charge in [0.2, 0.25) is 0 Å². The van der Waals surface area contributed by atoms with Crippen molar-refractivity contribution in [1.29, 1.82) is 0 Å². The van der Waals surface area contributed by atoms with E-state index in [2.05, 4.69) is 19.1 Å². The topological polar surface area (TPSA) is 26.3 Å². The molecular formula is C16H16O2S. The maximum Gasteiger partial charge on any atom is 0.163 e. The molecule has 0 saturated heterocycles. The molecule has 0 unspecified atom stereocenters. The molecule has 0 N–H and O–H groups in total. The summed E-state index contributed by atoms with van der Waals surface area (Å²) in [6.45, 7) is 2.75. The summed E-state index contributed by atoms with van der Waals surface area (Å²) in [5.41, 5.74) is 1.93. The van der Waals surface area contributed by atoms with Gasteiger partial charge in [-0.1, -0.05) is 19.1 Å². The van der Waals surface area contributed by atoms with Gasteiger partial charge in [-0.25, -0.2) is 0 Å². The number of ether oxygens (including phenoxy) is 1. The highest BCUT2D eigenvalue weighted by Crippen LogP contribution is 2.31. The predicted molar refractivity (Wildman–Crippen MR) is 77.1 cm³/mol. The van der Waals surface area contributed by atoms with Crippen LogP contribution in [-0.4, -0.2) is 5.78 Å². The van der Waals surface area contributed by atoms with E-state index < -0.39 is 0 Å². The van der Waals surface area contributed by atoms with Crippen molar-refractivity contribution in [1.82, 2.24) is 0 Å². The molecule has 0 fully saturated rings. The van der Waals surface area contributed by atoms with Crippen molar-refractivity contribution >= 4 is 17.1 Å². The number of carbonyl (C=O) groups excluding carboxylic acids is 1. The zero-order chi connectivity index (χ0) is 13.2. The number of benzene rings is 1. The minimum absolute atomic E-state index is 0.241. The molecule has 0 aliphatic heterocycles. The summed E-state index contributed by atoms with van der Waals surface area (Å²) in [5.74, 6) is 1.11. The van der Waals surface area contributed by atoms with Gasteiger partial charge in [0, 0.05) is 27.3 Å². The fourth-order valence-electron chi connectivity index (χ4n) is 2.43. The first kappa shape index (κ1) is 12.4. The first-order valence-electron chi connectivity index (χ1n) is 6.63. The van der Waals surface area contributed by atoms with E-state index in [0.717, 1.165) is 29.7 Å². The second kappa shape index (κ2) is 5.17. The molecule has 1 aromatic carbocycles. The van der Waals surface area contributed by atoms with Gasteiger partial charge in [0.25, 0.3) is 0 Å². The average Bonchev–Trinajstić information content (AvgIpc) is 3.04. The average molecular weight is 272 g/mol. The van der Waals surface area contributed by atoms with Crippen molar-refractivity contribution in [2.75, 3.05) is 0 Å². The fourth-order valence-corrected chi connectivity index (χ4v) is 3.30. The summed E-state index contributed by atoms with van der Waals surface area (Å²) in [6.07, 6.45) is 2.50. The van der Waals surface area contributed by atoms with Gasteiger partial charge in [-0.05, 0) is 31.0 Å². The molecule has 0 spiro atoms. The lowest BCUT2D eigenvalue weighted by Gasteiger charge is -2.09. The molecule has 3 heteroatoms. The van der Waals surface area contributed by atoms with E-state index in [0.29, 0.717) is 13.0 Å². The first-order valence-corrected chi connectivity index (χ1v) is 7.45. The van der Waals surface area contributed by atoms with Crippen LogP contribution in [0.4, 0.5) is 0 Å². The Balaban J connectivity index is 1.76. The van der Waals surface area contributed by atoms with Crippen molar-refractivity contribution in [2.24, 2.45) is 0 Å². The minimum Gasteiger partial charge on any atom is -0.488 e. The molecule has 3 rings (SSSR count). The van der Waals surface area contributed by atoms with Gasteiger partial charge in [-0.3, -0.25) is 4.79 Å². The predicted octanol–water partition coefficient (Wildman–Crippen LogP) is 4.02. The van der Waals surface area contributed by atoms with Crippen molar-refractivity contribution in [3.8, 4) is 5.75 Å². The maximum atomic E-state index is 11.7. The SMILES string of the molecule is CCc1ccc(COc2cccc3c2CCC3=O)s1. The highest BCUT2D eigenvalue weighted by Gasteiger charge is 2.22. The van der Waals surface area contributed by atoms with Crippen LogP contribution in [-0.2, 0) is 19.4 Å². The van der Waals surface area contributed by atoms with E-state index in [1.54, 1.807) is 11.3 Å². The maximum absolute atomic E-state index is 11.7. The molecule has 1 heterocycles. The molecular weight excluding hydrogens is 256 g/mol. The normalized spacial score (nSPS) is 13.6. The summed E-state index contributed by atoms with van der Waals surface area (Å²) in [7, 11) is 0. The van der Waals surface area contributed by atoms with E-state index in [9.17, 15) is 4.79 Å². The number of aryl methyl sites for hydroxylation is 1. The smallest absolute Gasteiger partial charge is 0.163 e. The molecule has 1 aliphatic carbocycles. The highest BCUT2D eigenvalue weighted by molar-refractivity contribution is 7.11. The summed E-state index contributed by atoms with van der Waals surface area (Å²) < 4.78 is 5.90. The van der Waals surface area contributed by atoms with Crippen molar-refractivity contribution < 1.29 is 9.53 Å². The standard InChI is InChI=1S/C16H16O2S/c1-2-11-6-7-12(19-11)10-18-16-5-3-4-13-14(16)8-9-15(13)17/h3-7H,2,8-10H2,1H3. The summed E-state index contributed by atoms with van der Waals surface area (Å²) in [6, 6.07) is 10.0. The van der Waals surface area contributed by atoms with E-state index in [1.807, 2.05) is 18.2 Å². The van der Waals surface area contributed by atoms with Crippen molar-refractivity contribution in [2.45, 2.75) is 32.8 Å². The monoisotopic (exact) mass is 272 g/mol. The Kier molecular flexibility index (Phi) is 3.38. The Bertz CT molecular complexity index is 613. The first-order chi connectivity index (χ1) is 9.28. The van der Waals surface area contributed by atoms with E-state index in [-0.39, 0.29) is 5.78 Å². The third-order valence-corrected chi connectivity index (χ3v) is 4.67. The third kappa shape index (κ3) is 2.43. The number of thiophene rings is 1. The van der Waals surface area contributed by atoms with Gasteiger partial charge in [-0.2, -0.15) is 0 Å². The molecule has 98 valence electrons. The summed E-state index contributed by atoms with van der Waals surface area (Å²) in [5, 5.41) is 0. The highest BCUT2D eigenvalue weighted by atomic mass is 32.1. The van der Waals surface area contributed by atoms with Crippen LogP contribution in [0.3, 0.4) is 0 Å². The molecule has 0 bridgehead atoms. The molecule has 0 radical (unpaired) electrons. The van der Waals surface area contributed by atoms with E-state index in [4.69, 9.17) is 4.74 Å². The quantitative estimate of drug-likeness (QED) is 0.840. The number of hydrogen-bond donors (Lipinski definition) is 0. The number of ketones is 1. The Morgan fingerprint density at radius 1 is 1.16 bits per heavy atom. The number of carbonyl (C=O) groups is 1. The number of fused-ring (bicyclic) bond motifs is 1. The van der Waals surface area contributed by atoms with Gasteiger partial charge in [-0.15, -0.1) is 11.3 Å².